The monoisotopic (exact) mass is 1130 g/mol. The molecule has 8 aliphatic rings. The van der Waals surface area contributed by atoms with Gasteiger partial charge in [0.1, 0.15) is 48.3 Å². The number of aliphatic hydroxyl groups excluding tert-OH is 1. The van der Waals surface area contributed by atoms with Gasteiger partial charge in [0.15, 0.2) is 0 Å². The number of nitrogens with zero attached hydrogens (tertiary/aromatic N) is 10. The Balaban J connectivity index is 0.745. The number of benzene rings is 4. The molecular weight excluding hydrogens is 1070 g/mol. The van der Waals surface area contributed by atoms with E-state index in [9.17, 15) is 19.1 Å². The third-order valence-corrected chi connectivity index (χ3v) is 18.8. The predicted octanol–water partition coefficient (Wildman–Crippen LogP) is 7.15. The Labute approximate surface area is 479 Å². The van der Waals surface area contributed by atoms with Crippen LogP contribution in [0.5, 0.6) is 12.0 Å². The van der Waals surface area contributed by atoms with E-state index in [1.807, 2.05) is 65.6 Å². The van der Waals surface area contributed by atoms with Crippen LogP contribution >= 0.6 is 0 Å². The highest BCUT2D eigenvalue weighted by Crippen LogP contribution is 2.48. The van der Waals surface area contributed by atoms with Crippen LogP contribution in [-0.4, -0.2) is 175 Å². The number of rotatable bonds is 14. The second kappa shape index (κ2) is 21.8. The predicted molar refractivity (Wildman–Crippen MR) is 305 cm³/mol. The summed E-state index contributed by atoms with van der Waals surface area (Å²) in [5.74, 6) is -0.269. The van der Waals surface area contributed by atoms with E-state index in [4.69, 9.17) is 43.6 Å². The Bertz CT molecular complexity index is 3540. The fourth-order valence-electron chi connectivity index (χ4n) is 15.0. The third-order valence-electron chi connectivity index (χ3n) is 18.8. The zero-order valence-corrected chi connectivity index (χ0v) is 46.7. The van der Waals surface area contributed by atoms with Gasteiger partial charge in [0.2, 0.25) is 0 Å². The average molecular weight is 1140 g/mol. The van der Waals surface area contributed by atoms with Crippen molar-refractivity contribution >= 4 is 62.3 Å². The zero-order chi connectivity index (χ0) is 56.6. The number of halogens is 2. The Kier molecular flexibility index (Phi) is 14.1. The molecule has 0 saturated carbocycles. The van der Waals surface area contributed by atoms with Crippen molar-refractivity contribution < 1.29 is 52.0 Å². The number of fused-ring (bicyclic) bond motifs is 6. The quantitative estimate of drug-likeness (QED) is 0.108. The first kappa shape index (κ1) is 53.8. The maximum atomic E-state index is 16.1. The molecule has 1 N–H and O–H groups in total. The van der Waals surface area contributed by atoms with Crippen molar-refractivity contribution in [3.8, 4) is 12.0 Å². The normalized spacial score (nSPS) is 25.5. The van der Waals surface area contributed by atoms with Crippen LogP contribution in [0.1, 0.15) is 105 Å². The van der Waals surface area contributed by atoms with E-state index in [1.54, 1.807) is 15.9 Å². The summed E-state index contributed by atoms with van der Waals surface area (Å²) in [6, 6.07) is 21.2. The molecule has 19 nitrogen and oxygen atoms in total. The molecule has 2 aromatic heterocycles. The number of carbonyl (C=O) groups excluding carboxylic acids is 3. The number of hydrogen-bond donors (Lipinski definition) is 1. The highest BCUT2D eigenvalue weighted by Gasteiger charge is 2.54. The second-order valence-corrected chi connectivity index (χ2v) is 23.6. The molecule has 10 heterocycles. The number of hydrogen-bond acceptors (Lipinski definition) is 17. The van der Waals surface area contributed by atoms with Crippen LogP contribution in [0.25, 0.3) is 21.5 Å². The molecular formula is C62H68F2N10O9. The summed E-state index contributed by atoms with van der Waals surface area (Å²) in [6.45, 7) is 5.94. The largest absolute Gasteiger partial charge is 0.465 e. The maximum Gasteiger partial charge on any atom is 0.340 e. The van der Waals surface area contributed by atoms with Crippen LogP contribution in [-0.2, 0) is 40.3 Å². The number of aromatic nitrogens is 4. The Hall–Kier alpha value is -7.17. The summed E-state index contributed by atoms with van der Waals surface area (Å²) in [6.07, 6.45) is 3.87. The molecule has 0 radical (unpaired) electrons. The second-order valence-electron chi connectivity index (χ2n) is 23.6. The van der Waals surface area contributed by atoms with E-state index >= 15 is 9.18 Å². The van der Waals surface area contributed by atoms with Gasteiger partial charge >= 0.3 is 18.0 Å². The molecule has 6 fully saturated rings. The van der Waals surface area contributed by atoms with Gasteiger partial charge in [0.05, 0.1) is 79.4 Å². The fourth-order valence-corrected chi connectivity index (χ4v) is 15.0. The number of carbonyl (C=O) groups is 3. The molecule has 1 unspecified atom stereocenters. The van der Waals surface area contributed by atoms with Crippen LogP contribution in [0.4, 0.5) is 31.8 Å². The SMILES string of the molecule is COC(=O)c1ccc2ccccc2c1N1Cc2nc(OC[C@@]34CCC(Cc5cc(CO)c(N6Cc7nc(OC[C@@]89CCCN8C[C@H](F)C9)nc(N8CCCOCC8)c7C6=O)c6ccccc56)N3C[C@H](F)C4)nc(N3CCCOCC3)c2C1=O. The van der Waals surface area contributed by atoms with Crippen LogP contribution < -0.4 is 29.1 Å². The van der Waals surface area contributed by atoms with E-state index in [1.165, 1.54) is 7.11 Å². The number of ether oxygens (including phenoxy) is 5. The summed E-state index contributed by atoms with van der Waals surface area (Å²) < 4.78 is 60.9. The van der Waals surface area contributed by atoms with E-state index in [0.29, 0.717) is 135 Å². The Morgan fingerprint density at radius 3 is 1.96 bits per heavy atom. The fraction of sp³-hybridized carbons (Fsp3) is 0.500. The Morgan fingerprint density at radius 1 is 0.675 bits per heavy atom. The van der Waals surface area contributed by atoms with Crippen LogP contribution in [0, 0.1) is 0 Å². The van der Waals surface area contributed by atoms with Gasteiger partial charge in [-0.25, -0.2) is 13.6 Å². The molecule has 0 bridgehead atoms. The lowest BCUT2D eigenvalue weighted by Gasteiger charge is -2.34. The van der Waals surface area contributed by atoms with Crippen molar-refractivity contribution in [3.63, 3.8) is 0 Å². The highest BCUT2D eigenvalue weighted by molar-refractivity contribution is 6.20. The lowest BCUT2D eigenvalue weighted by molar-refractivity contribution is 0.0601. The molecule has 434 valence electrons. The van der Waals surface area contributed by atoms with Gasteiger partial charge in [-0.15, -0.1) is 0 Å². The van der Waals surface area contributed by atoms with Gasteiger partial charge < -0.3 is 48.4 Å². The van der Waals surface area contributed by atoms with E-state index in [0.717, 1.165) is 60.4 Å². The lowest BCUT2D eigenvalue weighted by Crippen LogP contribution is -2.47. The van der Waals surface area contributed by atoms with Crippen LogP contribution in [0.2, 0.25) is 0 Å². The number of anilines is 4. The Morgan fingerprint density at radius 2 is 1.29 bits per heavy atom. The molecule has 6 aromatic rings. The number of alkyl halides is 2. The van der Waals surface area contributed by atoms with Gasteiger partial charge in [-0.3, -0.25) is 19.4 Å². The summed E-state index contributed by atoms with van der Waals surface area (Å²) in [7, 11) is 1.32. The molecule has 14 rings (SSSR count). The van der Waals surface area contributed by atoms with Crippen molar-refractivity contribution in [2.45, 2.75) is 107 Å². The first-order valence-corrected chi connectivity index (χ1v) is 29.4. The van der Waals surface area contributed by atoms with Crippen molar-refractivity contribution in [1.82, 2.24) is 29.7 Å². The lowest BCUT2D eigenvalue weighted by atomic mass is 9.92. The number of amides is 2. The summed E-state index contributed by atoms with van der Waals surface area (Å²) in [5, 5.41) is 14.6. The zero-order valence-electron chi connectivity index (χ0n) is 46.7. The molecule has 5 atom stereocenters. The minimum absolute atomic E-state index is 0.0541. The summed E-state index contributed by atoms with van der Waals surface area (Å²) >= 11 is 0. The maximum absolute atomic E-state index is 16.1. The molecule has 83 heavy (non-hydrogen) atoms. The number of esters is 1. The average Bonchev–Trinajstić information content (AvgIpc) is 3.19. The molecule has 4 aromatic carbocycles. The van der Waals surface area contributed by atoms with Gasteiger partial charge in [-0.2, -0.15) is 19.9 Å². The first-order valence-electron chi connectivity index (χ1n) is 29.4. The molecule has 0 spiro atoms. The van der Waals surface area contributed by atoms with E-state index in [2.05, 4.69) is 14.7 Å². The van der Waals surface area contributed by atoms with Crippen molar-refractivity contribution in [2.75, 3.05) is 112 Å². The highest BCUT2D eigenvalue weighted by atomic mass is 19.1. The molecule has 0 aliphatic carbocycles. The van der Waals surface area contributed by atoms with Gasteiger partial charge in [-0.1, -0.05) is 60.7 Å². The molecule has 8 aliphatic heterocycles. The standard InChI is InChI=1S/C62H68F2N10O9/c1-79-58(78)47-14-13-38-9-2-3-11-45(38)53(47)73-34-49-51(57(73)77)55(70-19-8-24-81-26-22-70)68-60(66-49)83-37-62-17-15-43(74(62)32-42(64)30-62)28-39-27-40(35-75)52(46-12-5-4-10-44(39)46)72-33-48-50(56(72)76)54(69-18-7-23-80-25-21-69)67-59(65-48)82-36-61-16-6-20-71(61)31-41(63)29-61/h2-5,9-14,27,41-43,75H,6-8,15-26,28-37H2,1H3/t41-,42-,43?,61+,62+/m1/s1. The van der Waals surface area contributed by atoms with Crippen LogP contribution in [0.3, 0.4) is 0 Å². The van der Waals surface area contributed by atoms with Gasteiger partial charge in [0.25, 0.3) is 11.8 Å². The van der Waals surface area contributed by atoms with Gasteiger partial charge in [-0.05, 0) is 73.9 Å². The minimum Gasteiger partial charge on any atom is -0.465 e. The van der Waals surface area contributed by atoms with E-state index in [-0.39, 0.29) is 81.3 Å². The topological polar surface area (TPSA) is 189 Å². The summed E-state index contributed by atoms with van der Waals surface area (Å²) in [5.41, 5.74) is 3.43. The van der Waals surface area contributed by atoms with Crippen molar-refractivity contribution in [1.29, 1.82) is 0 Å². The van der Waals surface area contributed by atoms with Gasteiger partial charge in [0, 0.05) is 87.7 Å². The third kappa shape index (κ3) is 9.46. The van der Waals surface area contributed by atoms with Crippen molar-refractivity contribution in [2.24, 2.45) is 0 Å². The smallest absolute Gasteiger partial charge is 0.340 e. The van der Waals surface area contributed by atoms with E-state index < -0.39 is 29.4 Å². The minimum atomic E-state index is -1.11. The number of methoxy groups -OCH3 is 1. The van der Waals surface area contributed by atoms with Crippen molar-refractivity contribution in [3.05, 3.63) is 106 Å². The molecule has 6 saturated heterocycles. The summed E-state index contributed by atoms with van der Waals surface area (Å²) in [4.78, 5) is 74.9. The first-order chi connectivity index (χ1) is 40.5. The van der Waals surface area contributed by atoms with Crippen LogP contribution in [0.15, 0.2) is 66.7 Å². The molecule has 2 amide bonds. The molecule has 21 heteroatoms. The number of aliphatic hydroxyl groups is 1.